The minimum absolute atomic E-state index is 0.905. The van der Waals surface area contributed by atoms with Crippen molar-refractivity contribution in [3.63, 3.8) is 0 Å². The average molecular weight is 603 g/mol. The smallest absolute Gasteiger partial charge is 0.135 e. The molecule has 1 nitrogen and oxygen atoms in total. The SMILES string of the molecule is c1ccc(-c2cc3cc4sc5c(-c6c7ccccc7c(-c7ccc8ccccc8c7)c7ccccc67)cccc5c4cc3o2)cc1. The molecule has 2 heteroatoms. The number of fused-ring (bicyclic) bond motifs is 7. The molecule has 0 N–H and O–H groups in total. The minimum Gasteiger partial charge on any atom is -0.456 e. The zero-order valence-corrected chi connectivity index (χ0v) is 25.6. The van der Waals surface area contributed by atoms with Crippen LogP contribution in [0, 0.1) is 0 Å². The Morgan fingerprint density at radius 3 is 1.80 bits per heavy atom. The number of hydrogen-bond donors (Lipinski definition) is 0. The van der Waals surface area contributed by atoms with Gasteiger partial charge in [0.05, 0.1) is 0 Å². The van der Waals surface area contributed by atoms with Crippen LogP contribution in [0.4, 0.5) is 0 Å². The van der Waals surface area contributed by atoms with Gasteiger partial charge in [0.25, 0.3) is 0 Å². The van der Waals surface area contributed by atoms with E-state index in [0.29, 0.717) is 0 Å². The lowest BCUT2D eigenvalue weighted by Crippen LogP contribution is -1.91. The third-order valence-electron chi connectivity index (χ3n) is 9.43. The van der Waals surface area contributed by atoms with Crippen molar-refractivity contribution >= 4 is 74.8 Å². The lowest BCUT2D eigenvalue weighted by Gasteiger charge is -2.18. The molecule has 0 aliphatic rings. The van der Waals surface area contributed by atoms with E-state index in [9.17, 15) is 0 Å². The second-order valence-electron chi connectivity index (χ2n) is 12.1. The summed E-state index contributed by atoms with van der Waals surface area (Å²) >= 11 is 1.88. The van der Waals surface area contributed by atoms with Crippen molar-refractivity contribution < 1.29 is 4.42 Å². The van der Waals surface area contributed by atoms with Crippen LogP contribution >= 0.6 is 11.3 Å². The summed E-state index contributed by atoms with van der Waals surface area (Å²) in [5.74, 6) is 0.905. The molecule has 8 aromatic carbocycles. The highest BCUT2D eigenvalue weighted by Crippen LogP contribution is 2.48. The van der Waals surface area contributed by atoms with E-state index in [1.807, 2.05) is 17.4 Å². The number of rotatable bonds is 3. The van der Waals surface area contributed by atoms with E-state index in [2.05, 4.69) is 152 Å². The summed E-state index contributed by atoms with van der Waals surface area (Å²) in [6.45, 7) is 0. The summed E-state index contributed by atoms with van der Waals surface area (Å²) in [5, 5.41) is 11.3. The summed E-state index contributed by atoms with van der Waals surface area (Å²) in [7, 11) is 0. The highest BCUT2D eigenvalue weighted by Gasteiger charge is 2.20. The molecular formula is C44H26OS. The van der Waals surface area contributed by atoms with Crippen LogP contribution in [0.5, 0.6) is 0 Å². The summed E-state index contributed by atoms with van der Waals surface area (Å²) in [5.41, 5.74) is 7.13. The number of furan rings is 1. The van der Waals surface area contributed by atoms with Crippen molar-refractivity contribution in [2.45, 2.75) is 0 Å². The lowest BCUT2D eigenvalue weighted by molar-refractivity contribution is 0.632. The van der Waals surface area contributed by atoms with Crippen LogP contribution in [0.15, 0.2) is 162 Å². The van der Waals surface area contributed by atoms with E-state index in [1.165, 1.54) is 74.7 Å². The summed E-state index contributed by atoms with van der Waals surface area (Å²) < 4.78 is 8.98. The normalized spacial score (nSPS) is 11.9. The first-order chi connectivity index (χ1) is 22.8. The molecule has 10 rings (SSSR count). The molecule has 0 spiro atoms. The fourth-order valence-electron chi connectivity index (χ4n) is 7.35. The van der Waals surface area contributed by atoms with Gasteiger partial charge in [-0.3, -0.25) is 0 Å². The predicted molar refractivity (Wildman–Crippen MR) is 198 cm³/mol. The van der Waals surface area contributed by atoms with Crippen molar-refractivity contribution in [1.29, 1.82) is 0 Å². The van der Waals surface area contributed by atoms with Gasteiger partial charge in [-0.1, -0.05) is 133 Å². The Kier molecular flexibility index (Phi) is 5.51. The molecule has 0 aliphatic carbocycles. The zero-order chi connectivity index (χ0) is 30.2. The van der Waals surface area contributed by atoms with E-state index in [0.717, 1.165) is 22.3 Å². The lowest BCUT2D eigenvalue weighted by atomic mass is 9.85. The summed E-state index contributed by atoms with van der Waals surface area (Å²) in [6, 6.07) is 57.2. The van der Waals surface area contributed by atoms with Crippen LogP contribution in [0.1, 0.15) is 0 Å². The number of benzene rings is 8. The molecule has 0 amide bonds. The molecule has 10 aromatic rings. The highest BCUT2D eigenvalue weighted by atomic mass is 32.1. The topological polar surface area (TPSA) is 13.1 Å². The Bertz CT molecular complexity index is 2740. The summed E-state index contributed by atoms with van der Waals surface area (Å²) in [4.78, 5) is 0. The molecule has 2 aromatic heterocycles. The van der Waals surface area contributed by atoms with Gasteiger partial charge in [-0.15, -0.1) is 11.3 Å². The Hall–Kier alpha value is -5.70. The zero-order valence-electron chi connectivity index (χ0n) is 24.8. The minimum atomic E-state index is 0.905. The van der Waals surface area contributed by atoms with Gasteiger partial charge in [0.1, 0.15) is 11.3 Å². The van der Waals surface area contributed by atoms with Crippen molar-refractivity contribution in [1.82, 2.24) is 0 Å². The Morgan fingerprint density at radius 1 is 0.391 bits per heavy atom. The fourth-order valence-corrected chi connectivity index (χ4v) is 8.60. The largest absolute Gasteiger partial charge is 0.456 e. The molecule has 0 aliphatic heterocycles. The van der Waals surface area contributed by atoms with E-state index < -0.39 is 0 Å². The molecule has 0 bridgehead atoms. The van der Waals surface area contributed by atoms with Gasteiger partial charge in [0.2, 0.25) is 0 Å². The van der Waals surface area contributed by atoms with E-state index in [-0.39, 0.29) is 0 Å². The molecule has 2 heterocycles. The molecule has 46 heavy (non-hydrogen) atoms. The third kappa shape index (κ3) is 3.81. The first kappa shape index (κ1) is 25.6. The van der Waals surface area contributed by atoms with Crippen LogP contribution < -0.4 is 0 Å². The summed E-state index contributed by atoms with van der Waals surface area (Å²) in [6.07, 6.45) is 0. The Morgan fingerprint density at radius 2 is 1.04 bits per heavy atom. The monoisotopic (exact) mass is 602 g/mol. The van der Waals surface area contributed by atoms with Crippen molar-refractivity contribution in [3.8, 4) is 33.6 Å². The molecule has 214 valence electrons. The molecule has 0 atom stereocenters. The first-order valence-corrected chi connectivity index (χ1v) is 16.5. The number of thiophene rings is 1. The van der Waals surface area contributed by atoms with E-state index in [1.54, 1.807) is 0 Å². The van der Waals surface area contributed by atoms with E-state index in [4.69, 9.17) is 4.42 Å². The maximum Gasteiger partial charge on any atom is 0.135 e. The van der Waals surface area contributed by atoms with E-state index >= 15 is 0 Å². The maximum atomic E-state index is 6.40. The van der Waals surface area contributed by atoms with Crippen LogP contribution in [0.3, 0.4) is 0 Å². The van der Waals surface area contributed by atoms with Crippen molar-refractivity contribution in [3.05, 3.63) is 158 Å². The third-order valence-corrected chi connectivity index (χ3v) is 10.6. The number of hydrogen-bond acceptors (Lipinski definition) is 2. The van der Waals surface area contributed by atoms with Crippen molar-refractivity contribution in [2.75, 3.05) is 0 Å². The standard InChI is InChI=1S/C44H26OS/c1-2-12-28(13-3-1)39-24-31-25-41-38(26-40(31)45-39)36-19-10-20-37(44(36)46-41)43-34-17-8-6-15-32(34)42(33-16-7-9-18-35(33)43)30-22-21-27-11-4-5-14-29(27)23-30/h1-26H. The van der Waals surface area contributed by atoms with Crippen LogP contribution in [0.25, 0.3) is 97.0 Å². The molecule has 0 fully saturated rings. The van der Waals surface area contributed by atoms with Gasteiger partial charge in [0.15, 0.2) is 0 Å². The second kappa shape index (κ2) is 9.90. The maximum absolute atomic E-state index is 6.40. The van der Waals surface area contributed by atoms with Gasteiger partial charge >= 0.3 is 0 Å². The van der Waals surface area contributed by atoms with Gasteiger partial charge < -0.3 is 4.42 Å². The predicted octanol–water partition coefficient (Wildman–Crippen LogP) is 13.3. The average Bonchev–Trinajstić information content (AvgIpc) is 3.70. The first-order valence-electron chi connectivity index (χ1n) is 15.7. The quantitative estimate of drug-likeness (QED) is 0.183. The van der Waals surface area contributed by atoms with Gasteiger partial charge in [-0.05, 0) is 73.3 Å². The van der Waals surface area contributed by atoms with Crippen LogP contribution in [-0.4, -0.2) is 0 Å². The van der Waals surface area contributed by atoms with Gasteiger partial charge in [0, 0.05) is 36.7 Å². The Balaban J connectivity index is 1.24. The highest BCUT2D eigenvalue weighted by molar-refractivity contribution is 7.26. The van der Waals surface area contributed by atoms with Gasteiger partial charge in [-0.25, -0.2) is 0 Å². The van der Waals surface area contributed by atoms with Crippen LogP contribution in [-0.2, 0) is 0 Å². The molecule has 0 radical (unpaired) electrons. The van der Waals surface area contributed by atoms with Gasteiger partial charge in [-0.2, -0.15) is 0 Å². The molecule has 0 saturated carbocycles. The molecule has 0 saturated heterocycles. The molecular weight excluding hydrogens is 577 g/mol. The second-order valence-corrected chi connectivity index (χ2v) is 13.1. The Labute approximate surface area is 269 Å². The molecule has 0 unspecified atom stereocenters. The van der Waals surface area contributed by atoms with Crippen LogP contribution in [0.2, 0.25) is 0 Å². The van der Waals surface area contributed by atoms with Crippen molar-refractivity contribution in [2.24, 2.45) is 0 Å². The fraction of sp³-hybridized carbons (Fsp3) is 0.